The molecule has 4 aromatic rings. The van der Waals surface area contributed by atoms with Crippen LogP contribution in [-0.2, 0) is 44.0 Å². The van der Waals surface area contributed by atoms with Gasteiger partial charge in [0.2, 0.25) is 10.0 Å². The van der Waals surface area contributed by atoms with Gasteiger partial charge in [0.1, 0.15) is 11.5 Å². The summed E-state index contributed by atoms with van der Waals surface area (Å²) >= 11 is 6.00. The van der Waals surface area contributed by atoms with Crippen molar-refractivity contribution in [3.8, 4) is 0 Å². The van der Waals surface area contributed by atoms with E-state index in [0.29, 0.717) is 22.2 Å². The molecular formula is C34H31ClN2O6S. The fraction of sp³-hybridized carbons (Fsp3) is 0.176. The van der Waals surface area contributed by atoms with Crippen LogP contribution in [0.25, 0.3) is 6.08 Å². The first-order valence-electron chi connectivity index (χ1n) is 13.8. The van der Waals surface area contributed by atoms with Crippen molar-refractivity contribution >= 4 is 39.6 Å². The smallest absolute Gasteiger partial charge is 0.340 e. The lowest BCUT2D eigenvalue weighted by Gasteiger charge is -2.21. The molecular weight excluding hydrogens is 600 g/mol. The van der Waals surface area contributed by atoms with Gasteiger partial charge in [-0.05, 0) is 67.4 Å². The topological polar surface area (TPSA) is 97.1 Å². The highest BCUT2D eigenvalue weighted by molar-refractivity contribution is 7.89. The van der Waals surface area contributed by atoms with E-state index >= 15 is 0 Å². The van der Waals surface area contributed by atoms with Crippen LogP contribution < -0.4 is 0 Å². The van der Waals surface area contributed by atoms with Crippen molar-refractivity contribution in [2.45, 2.75) is 38.4 Å². The molecule has 0 radical (unpaired) electrons. The van der Waals surface area contributed by atoms with Gasteiger partial charge in [0.05, 0.1) is 36.2 Å². The fourth-order valence-corrected chi connectivity index (χ4v) is 6.46. The Kier molecular flexibility index (Phi) is 9.20. The summed E-state index contributed by atoms with van der Waals surface area (Å²) in [4.78, 5) is 28.0. The molecule has 0 atom stereocenters. The number of sulfonamides is 1. The number of amides is 1. The van der Waals surface area contributed by atoms with E-state index in [9.17, 15) is 18.0 Å². The third-order valence-corrected chi connectivity index (χ3v) is 9.37. The van der Waals surface area contributed by atoms with E-state index in [4.69, 9.17) is 20.8 Å². The van der Waals surface area contributed by atoms with Crippen molar-refractivity contribution in [3.05, 3.63) is 141 Å². The normalized spacial score (nSPS) is 14.6. The number of nitrogens with zero attached hydrogens (tertiary/aromatic N) is 2. The molecule has 8 nitrogen and oxygen atoms in total. The van der Waals surface area contributed by atoms with Crippen LogP contribution in [0.15, 0.2) is 117 Å². The molecule has 0 bridgehead atoms. The fourth-order valence-electron chi connectivity index (χ4n) is 4.94. The number of aryl methyl sites for hydroxylation is 1. The zero-order valence-electron chi connectivity index (χ0n) is 24.5. The SMILES string of the molecule is COC(=O)C1=C(C)N(Cc2ccc(C)cc2)C(=O)/C1=C/c1ccc(CN(Cc2ccccc2)S(=O)(=O)c2ccc(Cl)cc2)o1. The van der Waals surface area contributed by atoms with E-state index in [-0.39, 0.29) is 41.6 Å². The van der Waals surface area contributed by atoms with E-state index < -0.39 is 16.0 Å². The number of allylic oxidation sites excluding steroid dienone is 1. The molecule has 1 aliphatic rings. The number of halogens is 1. The summed E-state index contributed by atoms with van der Waals surface area (Å²) in [6, 6.07) is 26.3. The number of hydrogen-bond donors (Lipinski definition) is 0. The summed E-state index contributed by atoms with van der Waals surface area (Å²) in [6.07, 6.45) is 1.49. The van der Waals surface area contributed by atoms with Crippen LogP contribution in [0.5, 0.6) is 0 Å². The van der Waals surface area contributed by atoms with Gasteiger partial charge in [-0.15, -0.1) is 0 Å². The van der Waals surface area contributed by atoms with Crippen LogP contribution >= 0.6 is 11.6 Å². The number of carbonyl (C=O) groups is 2. The van der Waals surface area contributed by atoms with Crippen molar-refractivity contribution in [1.29, 1.82) is 0 Å². The lowest BCUT2D eigenvalue weighted by Crippen LogP contribution is -2.30. The largest absolute Gasteiger partial charge is 0.465 e. The van der Waals surface area contributed by atoms with Crippen LogP contribution in [0.4, 0.5) is 0 Å². The minimum Gasteiger partial charge on any atom is -0.465 e. The van der Waals surface area contributed by atoms with Crippen molar-refractivity contribution in [2.24, 2.45) is 0 Å². The maximum atomic E-state index is 13.7. The lowest BCUT2D eigenvalue weighted by molar-refractivity contribution is -0.136. The molecule has 1 aliphatic heterocycles. The van der Waals surface area contributed by atoms with Crippen molar-refractivity contribution in [2.75, 3.05) is 7.11 Å². The number of ether oxygens (including phenoxy) is 1. The van der Waals surface area contributed by atoms with Gasteiger partial charge in [-0.2, -0.15) is 4.31 Å². The first-order chi connectivity index (χ1) is 21.1. The molecule has 10 heteroatoms. The van der Waals surface area contributed by atoms with Crippen LogP contribution in [0.1, 0.15) is 35.1 Å². The molecule has 0 aliphatic carbocycles. The van der Waals surface area contributed by atoms with Gasteiger partial charge in [0.15, 0.2) is 0 Å². The van der Waals surface area contributed by atoms with Gasteiger partial charge in [-0.25, -0.2) is 13.2 Å². The van der Waals surface area contributed by atoms with Crippen LogP contribution in [0.3, 0.4) is 0 Å². The molecule has 0 saturated heterocycles. The molecule has 226 valence electrons. The summed E-state index contributed by atoms with van der Waals surface area (Å²) in [6.45, 7) is 4.00. The number of esters is 1. The summed E-state index contributed by atoms with van der Waals surface area (Å²) in [5.74, 6) is -0.355. The Morgan fingerprint density at radius 3 is 2.25 bits per heavy atom. The van der Waals surface area contributed by atoms with Gasteiger partial charge >= 0.3 is 5.97 Å². The number of benzene rings is 3. The standard InChI is InChI=1S/C34H31ClN2O6S/c1-23-9-11-26(12-10-23)21-37-24(2)32(34(39)42-3)31(33(37)38)19-28-15-16-29(43-28)22-36(20-25-7-5-4-6-8-25)44(40,41)30-17-13-27(35)14-18-30/h4-19H,20-22H2,1-3H3/b31-19+. The number of rotatable bonds is 10. The molecule has 0 unspecified atom stereocenters. The minimum atomic E-state index is -3.94. The summed E-state index contributed by atoms with van der Waals surface area (Å²) < 4.78 is 39.7. The number of carbonyl (C=O) groups excluding carboxylic acids is 2. The zero-order valence-corrected chi connectivity index (χ0v) is 26.1. The lowest BCUT2D eigenvalue weighted by atomic mass is 10.1. The highest BCUT2D eigenvalue weighted by atomic mass is 35.5. The Balaban J connectivity index is 1.44. The molecule has 0 fully saturated rings. The Bertz CT molecular complexity index is 1840. The van der Waals surface area contributed by atoms with Gasteiger partial charge in [-0.3, -0.25) is 4.79 Å². The number of hydrogen-bond acceptors (Lipinski definition) is 6. The predicted octanol–water partition coefficient (Wildman–Crippen LogP) is 6.51. The van der Waals surface area contributed by atoms with E-state index in [2.05, 4.69) is 0 Å². The number of methoxy groups -OCH3 is 1. The third-order valence-electron chi connectivity index (χ3n) is 7.32. The van der Waals surface area contributed by atoms with Crippen molar-refractivity contribution in [1.82, 2.24) is 9.21 Å². The van der Waals surface area contributed by atoms with Gasteiger partial charge in [-0.1, -0.05) is 71.8 Å². The Morgan fingerprint density at radius 1 is 0.909 bits per heavy atom. The maximum absolute atomic E-state index is 13.7. The van der Waals surface area contributed by atoms with Gasteiger partial charge in [0, 0.05) is 17.3 Å². The van der Waals surface area contributed by atoms with E-state index in [1.54, 1.807) is 19.1 Å². The van der Waals surface area contributed by atoms with E-state index in [0.717, 1.165) is 16.7 Å². The Morgan fingerprint density at radius 2 is 1.59 bits per heavy atom. The molecule has 44 heavy (non-hydrogen) atoms. The molecule has 1 aromatic heterocycles. The van der Waals surface area contributed by atoms with Gasteiger partial charge < -0.3 is 14.1 Å². The third kappa shape index (κ3) is 6.70. The molecule has 0 N–H and O–H groups in total. The maximum Gasteiger partial charge on any atom is 0.340 e. The first-order valence-corrected chi connectivity index (χ1v) is 15.7. The molecule has 0 saturated carbocycles. The highest BCUT2D eigenvalue weighted by Crippen LogP contribution is 2.33. The Hall–Kier alpha value is -4.44. The monoisotopic (exact) mass is 630 g/mol. The summed E-state index contributed by atoms with van der Waals surface area (Å²) in [5, 5.41) is 0.428. The van der Waals surface area contributed by atoms with Crippen molar-refractivity contribution in [3.63, 3.8) is 0 Å². The molecule has 1 amide bonds. The first kappa shape index (κ1) is 31.0. The predicted molar refractivity (Wildman–Crippen MR) is 167 cm³/mol. The molecule has 3 aromatic carbocycles. The second kappa shape index (κ2) is 13.1. The van der Waals surface area contributed by atoms with Crippen molar-refractivity contribution < 1.29 is 27.2 Å². The summed E-state index contributed by atoms with van der Waals surface area (Å²) in [5.41, 5.74) is 3.57. The second-order valence-corrected chi connectivity index (χ2v) is 12.8. The quantitative estimate of drug-likeness (QED) is 0.146. The second-order valence-electron chi connectivity index (χ2n) is 10.4. The average molecular weight is 631 g/mol. The number of furan rings is 1. The van der Waals surface area contributed by atoms with Crippen LogP contribution in [-0.4, -0.2) is 36.6 Å². The van der Waals surface area contributed by atoms with E-state index in [1.165, 1.54) is 46.7 Å². The molecule has 5 rings (SSSR count). The highest BCUT2D eigenvalue weighted by Gasteiger charge is 2.37. The van der Waals surface area contributed by atoms with E-state index in [1.807, 2.05) is 61.5 Å². The summed E-state index contributed by atoms with van der Waals surface area (Å²) in [7, 11) is -2.67. The molecule has 0 spiro atoms. The van der Waals surface area contributed by atoms with Crippen LogP contribution in [0.2, 0.25) is 5.02 Å². The minimum absolute atomic E-state index is 0.0742. The Labute approximate surface area is 261 Å². The molecule has 2 heterocycles. The average Bonchev–Trinajstić information content (AvgIpc) is 3.55. The zero-order chi connectivity index (χ0) is 31.4. The van der Waals surface area contributed by atoms with Gasteiger partial charge in [0.25, 0.3) is 5.91 Å². The van der Waals surface area contributed by atoms with Crippen LogP contribution in [0, 0.1) is 6.92 Å².